The lowest BCUT2D eigenvalue weighted by Gasteiger charge is -2.09. The maximum atomic E-state index is 8.63. The zero-order valence-corrected chi connectivity index (χ0v) is 37.1. The summed E-state index contributed by atoms with van der Waals surface area (Å²) in [7, 11) is -1.41. The second-order valence-electron chi connectivity index (χ2n) is 14.3. The van der Waals surface area contributed by atoms with Gasteiger partial charge in [0.1, 0.15) is 0 Å². The lowest BCUT2D eigenvalue weighted by molar-refractivity contribution is 0.426. The van der Waals surface area contributed by atoms with E-state index in [-0.39, 0.29) is 5.28 Å². The van der Waals surface area contributed by atoms with Crippen molar-refractivity contribution in [1.29, 1.82) is 0 Å². The molecule has 0 amide bonds. The van der Waals surface area contributed by atoms with Gasteiger partial charge in [-0.3, -0.25) is 9.97 Å². The van der Waals surface area contributed by atoms with Crippen LogP contribution in [0.3, 0.4) is 0 Å². The monoisotopic (exact) mass is 920 g/mol. The first kappa shape index (κ1) is 45.1. The summed E-state index contributed by atoms with van der Waals surface area (Å²) in [5.41, 5.74) is 8.89. The molecule has 2 N–H and O–H groups in total. The van der Waals surface area contributed by atoms with E-state index in [0.29, 0.717) is 44.6 Å². The summed E-state index contributed by atoms with van der Waals surface area (Å²) in [5, 5.41) is 18.7. The van der Waals surface area contributed by atoms with Gasteiger partial charge >= 0.3 is 7.12 Å². The highest BCUT2D eigenvalue weighted by atomic mass is 35.5. The predicted octanol–water partition coefficient (Wildman–Crippen LogP) is 11.5. The summed E-state index contributed by atoms with van der Waals surface area (Å²) in [6.07, 6.45) is 3.57. The zero-order valence-electron chi connectivity index (χ0n) is 34.8. The third kappa shape index (κ3) is 12.0. The molecular weight excluding hydrogens is 886 g/mol. The Morgan fingerprint density at radius 1 is 0.303 bits per heavy atom. The molecule has 14 heteroatoms. The number of hydrogen-bond donors (Lipinski definition) is 2. The van der Waals surface area contributed by atoms with E-state index in [1.54, 1.807) is 36.7 Å². The van der Waals surface area contributed by atoms with Crippen molar-refractivity contribution in [2.45, 2.75) is 0 Å². The first-order valence-corrected chi connectivity index (χ1v) is 21.6. The fraction of sp³-hybridized carbons (Fsp3) is 0. The lowest BCUT2D eigenvalue weighted by atomic mass is 9.81. The van der Waals surface area contributed by atoms with E-state index in [9.17, 15) is 0 Å². The van der Waals surface area contributed by atoms with Gasteiger partial charge in [0, 0.05) is 61.4 Å². The molecule has 0 aliphatic carbocycles. The Kier molecular flexibility index (Phi) is 15.0. The highest BCUT2D eigenvalue weighted by Gasteiger charge is 2.14. The van der Waals surface area contributed by atoms with Gasteiger partial charge in [-0.1, -0.05) is 157 Å². The van der Waals surface area contributed by atoms with Crippen molar-refractivity contribution in [3.8, 4) is 79.5 Å². The largest absolute Gasteiger partial charge is 0.488 e. The topological polar surface area (TPSA) is 144 Å². The van der Waals surface area contributed by atoms with Crippen LogP contribution in [0.15, 0.2) is 207 Å². The van der Waals surface area contributed by atoms with Gasteiger partial charge in [-0.25, -0.2) is 19.9 Å². The molecular formula is C52H36BCl3N8O2. The summed E-state index contributed by atoms with van der Waals surface area (Å²) in [5.74, 6) is 2.96. The van der Waals surface area contributed by atoms with Crippen LogP contribution in [0.25, 0.3) is 79.5 Å². The van der Waals surface area contributed by atoms with E-state index >= 15 is 0 Å². The molecule has 66 heavy (non-hydrogen) atoms. The van der Waals surface area contributed by atoms with Crippen molar-refractivity contribution in [2.75, 3.05) is 0 Å². The van der Waals surface area contributed by atoms with Crippen molar-refractivity contribution < 1.29 is 10.0 Å². The number of hydrogen-bond acceptors (Lipinski definition) is 10. The van der Waals surface area contributed by atoms with Gasteiger partial charge in [0.05, 0.1) is 11.4 Å². The first-order chi connectivity index (χ1) is 32.3. The molecule has 4 aromatic heterocycles. The highest BCUT2D eigenvalue weighted by molar-refractivity contribution is 6.58. The first-order valence-electron chi connectivity index (χ1n) is 20.5. The molecule has 0 bridgehead atoms. The summed E-state index contributed by atoms with van der Waals surface area (Å²) >= 11 is 17.7. The molecule has 0 spiro atoms. The van der Waals surface area contributed by atoms with Gasteiger partial charge in [-0.15, -0.1) is 0 Å². The van der Waals surface area contributed by atoms with Crippen LogP contribution in [-0.2, 0) is 0 Å². The summed E-state index contributed by atoms with van der Waals surface area (Å²) in [6, 6.07) is 61.2. The molecule has 0 unspecified atom stereocenters. The Morgan fingerprint density at radius 2 is 0.606 bits per heavy atom. The molecule has 6 aromatic carbocycles. The van der Waals surface area contributed by atoms with Crippen LogP contribution >= 0.6 is 34.8 Å². The Morgan fingerprint density at radius 3 is 0.955 bits per heavy atom. The van der Waals surface area contributed by atoms with Crippen molar-refractivity contribution in [1.82, 2.24) is 39.9 Å². The van der Waals surface area contributed by atoms with E-state index in [4.69, 9.17) is 59.8 Å². The minimum Gasteiger partial charge on any atom is -0.423 e. The van der Waals surface area contributed by atoms with Crippen molar-refractivity contribution >= 4 is 47.4 Å². The molecule has 0 atom stereocenters. The van der Waals surface area contributed by atoms with Gasteiger partial charge in [0.15, 0.2) is 29.1 Å². The fourth-order valence-electron chi connectivity index (χ4n) is 6.43. The molecule has 4 heterocycles. The van der Waals surface area contributed by atoms with Crippen LogP contribution in [-0.4, -0.2) is 57.0 Å². The Labute approximate surface area is 396 Å². The third-order valence-corrected chi connectivity index (χ3v) is 10.5. The molecule has 0 aliphatic heterocycles. The van der Waals surface area contributed by atoms with Crippen LogP contribution in [0.1, 0.15) is 0 Å². The fourth-order valence-corrected chi connectivity index (χ4v) is 6.84. The number of nitrogens with zero attached hydrogens (tertiary/aromatic N) is 8. The third-order valence-electron chi connectivity index (χ3n) is 9.79. The highest BCUT2D eigenvalue weighted by Crippen LogP contribution is 2.28. The van der Waals surface area contributed by atoms with Crippen LogP contribution in [0.2, 0.25) is 15.3 Å². The van der Waals surface area contributed by atoms with Crippen molar-refractivity contribution in [3.05, 3.63) is 222 Å². The number of benzene rings is 6. The zero-order chi connectivity index (χ0) is 45.7. The SMILES string of the molecule is Clc1ccc(-c2nc(-c3ccccc3)nc(-c3ccc(-c4ccccn4)cc3)n2)cc1.Clc1nc(-c2ccccc2)nc(-c2ccc(-c3ccccn3)cc2)n1.OB(O)c1ccc(Cl)cc1. The second-order valence-corrected chi connectivity index (χ2v) is 15.5. The predicted molar refractivity (Wildman–Crippen MR) is 265 cm³/mol. The van der Waals surface area contributed by atoms with Crippen LogP contribution in [0, 0.1) is 0 Å². The normalized spacial score (nSPS) is 10.5. The number of pyridine rings is 2. The smallest absolute Gasteiger partial charge is 0.423 e. The summed E-state index contributed by atoms with van der Waals surface area (Å²) in [6.45, 7) is 0. The minimum absolute atomic E-state index is 0.178. The van der Waals surface area contributed by atoms with Gasteiger partial charge in [-0.2, -0.15) is 9.97 Å². The van der Waals surface area contributed by atoms with Crippen LogP contribution < -0.4 is 5.46 Å². The maximum absolute atomic E-state index is 8.63. The molecule has 320 valence electrons. The summed E-state index contributed by atoms with van der Waals surface area (Å²) < 4.78 is 0. The van der Waals surface area contributed by atoms with E-state index in [1.165, 1.54) is 0 Å². The number of rotatable bonds is 8. The van der Waals surface area contributed by atoms with Gasteiger partial charge < -0.3 is 10.0 Å². The number of aromatic nitrogens is 8. The average Bonchev–Trinajstić information content (AvgIpc) is 3.38. The standard InChI is InChI=1S/C26H17ClN4.C20H13ClN4.C6H6BClO2/c27-22-15-13-21(14-16-22)26-30-24(19-6-2-1-3-7-19)29-25(31-26)20-11-9-18(10-12-20)23-8-4-5-17-28-23;21-20-24-18(15-6-2-1-3-7-15)23-19(25-20)16-11-9-14(10-12-16)17-8-4-5-13-22-17;8-6-3-1-5(2-4-6)7(9)10/h1-17H;1-13H;1-4,9-10H. The second kappa shape index (κ2) is 21.9. The lowest BCUT2D eigenvalue weighted by Crippen LogP contribution is -2.29. The van der Waals surface area contributed by atoms with E-state index < -0.39 is 7.12 Å². The molecule has 0 saturated heterocycles. The number of halogens is 3. The van der Waals surface area contributed by atoms with E-state index in [2.05, 4.69) is 24.9 Å². The van der Waals surface area contributed by atoms with Gasteiger partial charge in [-0.05, 0) is 77.7 Å². The molecule has 0 saturated carbocycles. The molecule has 10 aromatic rings. The Balaban J connectivity index is 0.000000151. The maximum Gasteiger partial charge on any atom is 0.488 e. The summed E-state index contributed by atoms with van der Waals surface area (Å²) in [4.78, 5) is 36.0. The molecule has 0 radical (unpaired) electrons. The minimum atomic E-state index is -1.41. The Hall–Kier alpha value is -7.51. The quantitative estimate of drug-likeness (QED) is 0.141. The van der Waals surface area contributed by atoms with Crippen molar-refractivity contribution in [3.63, 3.8) is 0 Å². The van der Waals surface area contributed by atoms with E-state index in [0.717, 1.165) is 50.3 Å². The van der Waals surface area contributed by atoms with Crippen LogP contribution in [0.5, 0.6) is 0 Å². The molecule has 10 nitrogen and oxygen atoms in total. The molecule has 0 fully saturated rings. The van der Waals surface area contributed by atoms with Crippen LogP contribution in [0.4, 0.5) is 0 Å². The van der Waals surface area contributed by atoms with Gasteiger partial charge in [0.2, 0.25) is 5.28 Å². The van der Waals surface area contributed by atoms with Gasteiger partial charge in [0.25, 0.3) is 0 Å². The molecule has 10 rings (SSSR count). The van der Waals surface area contributed by atoms with Crippen molar-refractivity contribution in [2.24, 2.45) is 0 Å². The molecule has 0 aliphatic rings. The Bertz CT molecular complexity index is 3110. The average molecular weight is 922 g/mol. The van der Waals surface area contributed by atoms with E-state index in [1.807, 2.05) is 170 Å².